The fourth-order valence-corrected chi connectivity index (χ4v) is 5.40. The average Bonchev–Trinajstić information content (AvgIpc) is 2.55. The van der Waals surface area contributed by atoms with Crippen molar-refractivity contribution in [2.75, 3.05) is 13.2 Å². The molecule has 5 atom stereocenters. The monoisotopic (exact) mass is 329 g/mol. The minimum absolute atomic E-state index is 0.0101. The maximum atomic E-state index is 12.3. The van der Waals surface area contributed by atoms with Gasteiger partial charge in [0, 0.05) is 12.1 Å². The van der Waals surface area contributed by atoms with E-state index in [4.69, 9.17) is 9.47 Å². The molecule has 1 aromatic carbocycles. The SMILES string of the molecule is CCOC(=O)C1CC2C3Cc4ccc(OCC)cc4[C@@]2(C)CC1N3. The molecular formula is C20H27NO3. The van der Waals surface area contributed by atoms with Gasteiger partial charge in [-0.05, 0) is 67.7 Å². The molecule has 4 bridgehead atoms. The van der Waals surface area contributed by atoms with Crippen molar-refractivity contribution in [2.45, 2.75) is 57.5 Å². The Morgan fingerprint density at radius 2 is 2.12 bits per heavy atom. The molecule has 130 valence electrons. The highest BCUT2D eigenvalue weighted by molar-refractivity contribution is 5.74. The Hall–Kier alpha value is -1.55. The zero-order valence-electron chi connectivity index (χ0n) is 14.8. The molecule has 1 aromatic rings. The standard InChI is InChI=1S/C20H27NO3/c1-4-23-13-7-6-12-8-17-16-10-14(19(22)24-5-2)18(21-17)11-20(16,3)15(12)9-13/h6-7,9,14,16-18,21H,4-5,8,10-11H2,1-3H3/t14?,16?,17?,18?,20-/m1/s1. The van der Waals surface area contributed by atoms with Crippen LogP contribution < -0.4 is 10.1 Å². The van der Waals surface area contributed by atoms with Crippen molar-refractivity contribution < 1.29 is 14.3 Å². The summed E-state index contributed by atoms with van der Waals surface area (Å²) in [6.45, 7) is 7.44. The Labute approximate surface area is 143 Å². The maximum Gasteiger partial charge on any atom is 0.310 e. The number of piperidine rings is 2. The Morgan fingerprint density at radius 3 is 2.83 bits per heavy atom. The summed E-state index contributed by atoms with van der Waals surface area (Å²) in [6, 6.07) is 7.27. The summed E-state index contributed by atoms with van der Waals surface area (Å²) in [5, 5.41) is 3.75. The van der Waals surface area contributed by atoms with Crippen molar-refractivity contribution in [1.82, 2.24) is 5.32 Å². The van der Waals surface area contributed by atoms with Crippen LogP contribution in [0.3, 0.4) is 0 Å². The first kappa shape index (κ1) is 15.9. The summed E-state index contributed by atoms with van der Waals surface area (Å²) in [7, 11) is 0. The number of carbonyl (C=O) groups is 1. The number of rotatable bonds is 4. The molecule has 0 aromatic heterocycles. The number of benzene rings is 1. The zero-order valence-corrected chi connectivity index (χ0v) is 14.8. The number of fused-ring (bicyclic) bond motifs is 2. The molecule has 0 amide bonds. The van der Waals surface area contributed by atoms with E-state index in [1.54, 1.807) is 0 Å². The van der Waals surface area contributed by atoms with Crippen LogP contribution in [0.25, 0.3) is 0 Å². The summed E-state index contributed by atoms with van der Waals surface area (Å²) < 4.78 is 11.0. The molecule has 2 saturated heterocycles. The van der Waals surface area contributed by atoms with Crippen molar-refractivity contribution in [3.8, 4) is 5.75 Å². The first-order valence-electron chi connectivity index (χ1n) is 9.25. The average molecular weight is 329 g/mol. The number of nitrogens with one attached hydrogen (secondary N) is 1. The summed E-state index contributed by atoms with van der Waals surface area (Å²) in [5.41, 5.74) is 3.00. The van der Waals surface area contributed by atoms with Gasteiger partial charge in [0.2, 0.25) is 0 Å². The van der Waals surface area contributed by atoms with Gasteiger partial charge < -0.3 is 14.8 Å². The van der Waals surface area contributed by atoms with Gasteiger partial charge in [0.05, 0.1) is 19.1 Å². The molecule has 3 fully saturated rings. The predicted molar refractivity (Wildman–Crippen MR) is 92.2 cm³/mol. The predicted octanol–water partition coefficient (Wildman–Crippen LogP) is 2.83. The Kier molecular flexibility index (Phi) is 3.83. The van der Waals surface area contributed by atoms with E-state index in [2.05, 4.69) is 30.4 Å². The lowest BCUT2D eigenvalue weighted by molar-refractivity contribution is -0.155. The lowest BCUT2D eigenvalue weighted by Crippen LogP contribution is -2.68. The Bertz CT molecular complexity index is 658. The third-order valence-corrected chi connectivity index (χ3v) is 6.41. The summed E-state index contributed by atoms with van der Waals surface area (Å²) >= 11 is 0. The minimum Gasteiger partial charge on any atom is -0.494 e. The molecule has 2 aliphatic heterocycles. The molecule has 1 saturated carbocycles. The maximum absolute atomic E-state index is 12.3. The normalized spacial score (nSPS) is 36.1. The van der Waals surface area contributed by atoms with Crippen LogP contribution in [0.4, 0.5) is 0 Å². The lowest BCUT2D eigenvalue weighted by Gasteiger charge is -2.60. The number of hydrogen-bond donors (Lipinski definition) is 1. The van der Waals surface area contributed by atoms with Crippen molar-refractivity contribution in [3.05, 3.63) is 29.3 Å². The molecule has 4 unspecified atom stereocenters. The zero-order chi connectivity index (χ0) is 16.9. The minimum atomic E-state index is -0.0237. The molecule has 0 radical (unpaired) electrons. The van der Waals surface area contributed by atoms with Gasteiger partial charge in [-0.25, -0.2) is 0 Å². The third kappa shape index (κ3) is 2.26. The van der Waals surface area contributed by atoms with Gasteiger partial charge in [-0.1, -0.05) is 13.0 Å². The smallest absolute Gasteiger partial charge is 0.310 e. The first-order chi connectivity index (χ1) is 11.6. The molecule has 4 aliphatic rings. The van der Waals surface area contributed by atoms with Gasteiger partial charge >= 0.3 is 5.97 Å². The molecule has 2 heterocycles. The highest BCUT2D eigenvalue weighted by atomic mass is 16.5. The Morgan fingerprint density at radius 1 is 1.29 bits per heavy atom. The van der Waals surface area contributed by atoms with Gasteiger partial charge in [0.15, 0.2) is 0 Å². The number of ether oxygens (including phenoxy) is 2. The van der Waals surface area contributed by atoms with Crippen molar-refractivity contribution in [1.29, 1.82) is 0 Å². The topological polar surface area (TPSA) is 47.6 Å². The van der Waals surface area contributed by atoms with Crippen molar-refractivity contribution in [3.63, 3.8) is 0 Å². The van der Waals surface area contributed by atoms with Crippen LogP contribution in [0.5, 0.6) is 5.75 Å². The van der Waals surface area contributed by atoms with E-state index in [1.807, 2.05) is 13.8 Å². The molecule has 4 nitrogen and oxygen atoms in total. The van der Waals surface area contributed by atoms with E-state index in [-0.39, 0.29) is 23.3 Å². The summed E-state index contributed by atoms with van der Waals surface area (Å²) in [4.78, 5) is 12.3. The quantitative estimate of drug-likeness (QED) is 0.863. The molecular weight excluding hydrogens is 302 g/mol. The second-order valence-corrected chi connectivity index (χ2v) is 7.66. The van der Waals surface area contributed by atoms with Crippen LogP contribution in [0, 0.1) is 11.8 Å². The van der Waals surface area contributed by atoms with E-state index in [0.29, 0.717) is 25.2 Å². The largest absolute Gasteiger partial charge is 0.494 e. The van der Waals surface area contributed by atoms with Crippen LogP contribution in [-0.4, -0.2) is 31.3 Å². The van der Waals surface area contributed by atoms with E-state index in [9.17, 15) is 4.79 Å². The van der Waals surface area contributed by atoms with E-state index in [0.717, 1.165) is 25.0 Å². The highest BCUT2D eigenvalue weighted by Crippen LogP contribution is 2.55. The fourth-order valence-electron chi connectivity index (χ4n) is 5.40. The van der Waals surface area contributed by atoms with Gasteiger partial charge in [0.25, 0.3) is 0 Å². The summed E-state index contributed by atoms with van der Waals surface area (Å²) in [6.07, 6.45) is 2.99. The molecule has 0 spiro atoms. The van der Waals surface area contributed by atoms with Gasteiger partial charge in [0.1, 0.15) is 5.75 Å². The molecule has 4 heteroatoms. The Balaban J connectivity index is 1.67. The molecule has 1 N–H and O–H groups in total. The number of carbonyl (C=O) groups excluding carboxylic acids is 1. The van der Waals surface area contributed by atoms with Gasteiger partial charge in [-0.15, -0.1) is 0 Å². The van der Waals surface area contributed by atoms with Crippen molar-refractivity contribution in [2.24, 2.45) is 11.8 Å². The van der Waals surface area contributed by atoms with Crippen molar-refractivity contribution >= 4 is 5.97 Å². The van der Waals surface area contributed by atoms with Gasteiger partial charge in [-0.2, -0.15) is 0 Å². The third-order valence-electron chi connectivity index (χ3n) is 6.41. The van der Waals surface area contributed by atoms with E-state index >= 15 is 0 Å². The number of esters is 1. The lowest BCUT2D eigenvalue weighted by atomic mass is 9.50. The van der Waals surface area contributed by atoms with Crippen LogP contribution in [0.15, 0.2) is 18.2 Å². The second-order valence-electron chi connectivity index (χ2n) is 7.66. The fraction of sp³-hybridized carbons (Fsp3) is 0.650. The summed E-state index contributed by atoms with van der Waals surface area (Å²) in [5.74, 6) is 1.44. The van der Waals surface area contributed by atoms with Crippen LogP contribution >= 0.6 is 0 Å². The van der Waals surface area contributed by atoms with Crippen LogP contribution in [0.1, 0.15) is 44.7 Å². The second kappa shape index (κ2) is 5.76. The molecule has 5 rings (SSSR count). The molecule has 2 aliphatic carbocycles. The van der Waals surface area contributed by atoms with Gasteiger partial charge in [-0.3, -0.25) is 4.79 Å². The first-order valence-corrected chi connectivity index (χ1v) is 9.25. The van der Waals surface area contributed by atoms with E-state index < -0.39 is 0 Å². The van der Waals surface area contributed by atoms with E-state index in [1.165, 1.54) is 11.1 Å². The molecule has 24 heavy (non-hydrogen) atoms. The van der Waals surface area contributed by atoms with Crippen LogP contribution in [0.2, 0.25) is 0 Å². The highest BCUT2D eigenvalue weighted by Gasteiger charge is 2.58. The number of hydrogen-bond acceptors (Lipinski definition) is 4. The van der Waals surface area contributed by atoms with Crippen LogP contribution in [-0.2, 0) is 21.4 Å².